The van der Waals surface area contributed by atoms with Crippen molar-refractivity contribution in [3.63, 3.8) is 0 Å². The smallest absolute Gasteiger partial charge is 0.211 e. The normalized spacial score (nSPS) is 12.9. The standard InChI is InChI=1S/C19H27N5O3S/c1-5-27-10-15-23-16-17(13-8-6-7-9-14(13)22-18(16)20)24(15)11-19(2,3)12-28(25,26)21-4/h6-9,21H,5,10-12H2,1-4H3,(H2,20,22). The fourth-order valence-electron chi connectivity index (χ4n) is 3.44. The van der Waals surface area contributed by atoms with Gasteiger partial charge in [0, 0.05) is 18.5 Å². The van der Waals surface area contributed by atoms with Crippen molar-refractivity contribution < 1.29 is 13.2 Å². The molecule has 2 aromatic heterocycles. The largest absolute Gasteiger partial charge is 0.382 e. The Morgan fingerprint density at radius 3 is 2.64 bits per heavy atom. The number of ether oxygens (including phenoxy) is 1. The predicted octanol–water partition coefficient (Wildman–Crippen LogP) is 2.28. The van der Waals surface area contributed by atoms with Crippen LogP contribution in [0.3, 0.4) is 0 Å². The van der Waals surface area contributed by atoms with Gasteiger partial charge in [-0.15, -0.1) is 0 Å². The van der Waals surface area contributed by atoms with Crippen molar-refractivity contribution in [2.24, 2.45) is 5.41 Å². The molecule has 8 nitrogen and oxygen atoms in total. The van der Waals surface area contributed by atoms with Crippen LogP contribution in [0, 0.1) is 5.41 Å². The van der Waals surface area contributed by atoms with Crippen molar-refractivity contribution in [2.45, 2.75) is 33.9 Å². The van der Waals surface area contributed by atoms with Crippen molar-refractivity contribution in [3.8, 4) is 0 Å². The topological polar surface area (TPSA) is 112 Å². The van der Waals surface area contributed by atoms with Gasteiger partial charge in [0.05, 0.1) is 16.8 Å². The molecular weight excluding hydrogens is 378 g/mol. The number of benzene rings is 1. The fourth-order valence-corrected chi connectivity index (χ4v) is 4.70. The van der Waals surface area contributed by atoms with Gasteiger partial charge in [0.25, 0.3) is 0 Å². The Hall–Kier alpha value is -2.23. The van der Waals surface area contributed by atoms with E-state index in [-0.39, 0.29) is 5.75 Å². The lowest BCUT2D eigenvalue weighted by Crippen LogP contribution is -2.34. The number of nitrogens with zero attached hydrogens (tertiary/aromatic N) is 3. The lowest BCUT2D eigenvalue weighted by Gasteiger charge is -2.26. The van der Waals surface area contributed by atoms with E-state index in [1.165, 1.54) is 7.05 Å². The van der Waals surface area contributed by atoms with E-state index >= 15 is 0 Å². The first-order valence-electron chi connectivity index (χ1n) is 9.20. The Bertz CT molecular complexity index is 1110. The van der Waals surface area contributed by atoms with Crippen LogP contribution in [0.2, 0.25) is 0 Å². The van der Waals surface area contributed by atoms with Crippen LogP contribution < -0.4 is 10.5 Å². The molecule has 0 bridgehead atoms. The van der Waals surface area contributed by atoms with Gasteiger partial charge >= 0.3 is 0 Å². The van der Waals surface area contributed by atoms with Crippen LogP contribution in [0.4, 0.5) is 5.82 Å². The molecule has 3 rings (SSSR count). The SMILES string of the molecule is CCOCc1nc2c(N)nc3ccccc3c2n1CC(C)(C)CS(=O)(=O)NC. The molecule has 0 spiro atoms. The van der Waals surface area contributed by atoms with Crippen LogP contribution in [0.5, 0.6) is 0 Å². The Kier molecular flexibility index (Phi) is 5.60. The summed E-state index contributed by atoms with van der Waals surface area (Å²) in [6.07, 6.45) is 0. The molecule has 0 aliphatic heterocycles. The summed E-state index contributed by atoms with van der Waals surface area (Å²) >= 11 is 0. The number of aromatic nitrogens is 3. The summed E-state index contributed by atoms with van der Waals surface area (Å²) in [5, 5.41) is 0.925. The summed E-state index contributed by atoms with van der Waals surface area (Å²) in [6.45, 7) is 7.07. The van der Waals surface area contributed by atoms with Crippen LogP contribution in [0.25, 0.3) is 21.9 Å². The van der Waals surface area contributed by atoms with E-state index in [9.17, 15) is 8.42 Å². The van der Waals surface area contributed by atoms with Crippen LogP contribution >= 0.6 is 0 Å². The van der Waals surface area contributed by atoms with Crippen molar-refractivity contribution in [3.05, 3.63) is 30.1 Å². The maximum absolute atomic E-state index is 12.1. The number of imidazole rings is 1. The summed E-state index contributed by atoms with van der Waals surface area (Å²) in [4.78, 5) is 9.15. The van der Waals surface area contributed by atoms with E-state index in [1.807, 2.05) is 49.6 Å². The number of rotatable bonds is 8. The predicted molar refractivity (Wildman–Crippen MR) is 111 cm³/mol. The molecule has 0 atom stereocenters. The van der Waals surface area contributed by atoms with Gasteiger partial charge in [0.15, 0.2) is 5.82 Å². The molecule has 0 saturated heterocycles. The van der Waals surface area contributed by atoms with Crippen LogP contribution in [-0.4, -0.2) is 42.4 Å². The van der Waals surface area contributed by atoms with E-state index < -0.39 is 15.4 Å². The number of hydrogen-bond donors (Lipinski definition) is 2. The Morgan fingerprint density at radius 1 is 1.25 bits per heavy atom. The zero-order chi connectivity index (χ0) is 20.5. The van der Waals surface area contributed by atoms with Gasteiger partial charge in [-0.3, -0.25) is 0 Å². The number of nitrogens with one attached hydrogen (secondary N) is 1. The highest BCUT2D eigenvalue weighted by Gasteiger charge is 2.29. The molecule has 3 aromatic rings. The van der Waals surface area contributed by atoms with Crippen molar-refractivity contribution in [1.29, 1.82) is 0 Å². The minimum atomic E-state index is -3.37. The summed E-state index contributed by atoms with van der Waals surface area (Å²) in [5.74, 6) is 1.05. The summed E-state index contributed by atoms with van der Waals surface area (Å²) in [5.41, 5.74) is 7.88. The number of hydrogen-bond acceptors (Lipinski definition) is 6. The molecule has 2 heterocycles. The van der Waals surface area contributed by atoms with Crippen LogP contribution in [-0.2, 0) is 27.9 Å². The molecule has 3 N–H and O–H groups in total. The maximum atomic E-state index is 12.1. The monoisotopic (exact) mass is 405 g/mol. The molecule has 0 radical (unpaired) electrons. The molecule has 0 fully saturated rings. The zero-order valence-corrected chi connectivity index (χ0v) is 17.5. The van der Waals surface area contributed by atoms with E-state index in [0.29, 0.717) is 36.9 Å². The Morgan fingerprint density at radius 2 is 1.96 bits per heavy atom. The molecular formula is C19H27N5O3S. The highest BCUT2D eigenvalue weighted by Crippen LogP contribution is 2.32. The Balaban J connectivity index is 2.20. The van der Waals surface area contributed by atoms with Crippen molar-refractivity contribution in [2.75, 3.05) is 25.1 Å². The average Bonchev–Trinajstić information content (AvgIpc) is 2.97. The zero-order valence-electron chi connectivity index (χ0n) is 16.7. The van der Waals surface area contributed by atoms with Gasteiger partial charge in [0.1, 0.15) is 17.9 Å². The average molecular weight is 406 g/mol. The quantitative estimate of drug-likeness (QED) is 0.595. The number of anilines is 1. The molecule has 1 aromatic carbocycles. The number of para-hydroxylation sites is 1. The number of nitrogen functional groups attached to an aromatic ring is 1. The molecule has 28 heavy (non-hydrogen) atoms. The summed E-state index contributed by atoms with van der Waals surface area (Å²) in [7, 11) is -1.94. The van der Waals surface area contributed by atoms with Gasteiger partial charge in [0.2, 0.25) is 10.0 Å². The van der Waals surface area contributed by atoms with Gasteiger partial charge in [-0.05, 0) is 25.5 Å². The number of sulfonamides is 1. The number of pyridine rings is 1. The molecule has 9 heteroatoms. The molecule has 0 saturated carbocycles. The van der Waals surface area contributed by atoms with Gasteiger partial charge in [-0.25, -0.2) is 23.1 Å². The van der Waals surface area contributed by atoms with E-state index in [2.05, 4.69) is 14.7 Å². The minimum Gasteiger partial charge on any atom is -0.382 e. The summed E-state index contributed by atoms with van der Waals surface area (Å²) in [6, 6.07) is 7.73. The third-order valence-electron chi connectivity index (χ3n) is 4.60. The van der Waals surface area contributed by atoms with E-state index in [0.717, 1.165) is 16.4 Å². The molecule has 0 amide bonds. The maximum Gasteiger partial charge on any atom is 0.211 e. The molecule has 0 aliphatic carbocycles. The van der Waals surface area contributed by atoms with Gasteiger partial charge in [-0.2, -0.15) is 0 Å². The number of nitrogens with two attached hydrogens (primary N) is 1. The third kappa shape index (κ3) is 4.11. The minimum absolute atomic E-state index is 0.0112. The third-order valence-corrected chi connectivity index (χ3v) is 6.39. The lowest BCUT2D eigenvalue weighted by atomic mass is 9.96. The second-order valence-corrected chi connectivity index (χ2v) is 9.52. The molecule has 0 aliphatic rings. The van der Waals surface area contributed by atoms with Gasteiger partial charge < -0.3 is 15.0 Å². The number of fused-ring (bicyclic) bond motifs is 3. The van der Waals surface area contributed by atoms with Crippen molar-refractivity contribution >= 4 is 37.8 Å². The highest BCUT2D eigenvalue weighted by molar-refractivity contribution is 7.89. The van der Waals surface area contributed by atoms with Crippen molar-refractivity contribution in [1.82, 2.24) is 19.3 Å². The summed E-state index contributed by atoms with van der Waals surface area (Å²) < 4.78 is 34.3. The van der Waals surface area contributed by atoms with Gasteiger partial charge in [-0.1, -0.05) is 32.0 Å². The highest BCUT2D eigenvalue weighted by atomic mass is 32.2. The second-order valence-electron chi connectivity index (χ2n) is 7.59. The Labute approximate surface area is 165 Å². The first kappa shape index (κ1) is 20.5. The first-order valence-corrected chi connectivity index (χ1v) is 10.8. The van der Waals surface area contributed by atoms with E-state index in [1.54, 1.807) is 0 Å². The second kappa shape index (κ2) is 7.65. The van der Waals surface area contributed by atoms with Crippen LogP contribution in [0.1, 0.15) is 26.6 Å². The molecule has 152 valence electrons. The van der Waals surface area contributed by atoms with E-state index in [4.69, 9.17) is 10.5 Å². The fraction of sp³-hybridized carbons (Fsp3) is 0.474. The molecule has 0 unspecified atom stereocenters. The van der Waals surface area contributed by atoms with Crippen LogP contribution in [0.15, 0.2) is 24.3 Å². The lowest BCUT2D eigenvalue weighted by molar-refractivity contribution is 0.124. The first-order chi connectivity index (χ1) is 13.2.